The van der Waals surface area contributed by atoms with Gasteiger partial charge in [0.25, 0.3) is 7.82 Å². The summed E-state index contributed by atoms with van der Waals surface area (Å²) in [5, 5.41) is 29.0. The summed E-state index contributed by atoms with van der Waals surface area (Å²) in [5.41, 5.74) is 2.88. The topological polar surface area (TPSA) is 146 Å². The molecule has 0 fully saturated rings. The SMILES string of the molecule is C/C=C(C)/C=C/C=C(C)/C=C/C1C(C)=CC(OP(=O)([O-])OC[C@H](O)[C@H]2OC(=O)C(O)=C2O)CC1(C)C. The summed E-state index contributed by atoms with van der Waals surface area (Å²) < 4.78 is 27.0. The Morgan fingerprint density at radius 1 is 1.31 bits per heavy atom. The van der Waals surface area contributed by atoms with Crippen LogP contribution >= 0.6 is 7.82 Å². The van der Waals surface area contributed by atoms with Crippen LogP contribution in [0.4, 0.5) is 0 Å². The van der Waals surface area contributed by atoms with Crippen molar-refractivity contribution >= 4 is 13.8 Å². The van der Waals surface area contributed by atoms with E-state index in [0.717, 1.165) is 11.1 Å². The van der Waals surface area contributed by atoms with Crippen molar-refractivity contribution in [3.8, 4) is 0 Å². The second-order valence-electron chi connectivity index (χ2n) is 9.76. The summed E-state index contributed by atoms with van der Waals surface area (Å²) in [6.07, 6.45) is 10.2. The number of rotatable bonds is 10. The number of esters is 1. The summed E-state index contributed by atoms with van der Waals surface area (Å²) in [4.78, 5) is 23.6. The van der Waals surface area contributed by atoms with Crippen LogP contribution in [0.2, 0.25) is 0 Å². The van der Waals surface area contributed by atoms with Gasteiger partial charge in [0.2, 0.25) is 5.76 Å². The van der Waals surface area contributed by atoms with E-state index < -0.39 is 50.2 Å². The molecule has 3 unspecified atom stereocenters. The fraction of sp³-hybridized carbons (Fsp3) is 0.500. The van der Waals surface area contributed by atoms with Gasteiger partial charge in [-0.15, -0.1) is 0 Å². The van der Waals surface area contributed by atoms with Gasteiger partial charge in [0.05, 0.1) is 12.7 Å². The number of carbonyl (C=O) groups is 1. The number of carbonyl (C=O) groups excluding carboxylic acids is 1. The first-order valence-corrected chi connectivity index (χ1v) is 13.1. The number of ether oxygens (including phenoxy) is 1. The van der Waals surface area contributed by atoms with E-state index in [0.29, 0.717) is 6.42 Å². The van der Waals surface area contributed by atoms with Crippen LogP contribution in [0.5, 0.6) is 0 Å². The van der Waals surface area contributed by atoms with E-state index in [1.165, 1.54) is 5.57 Å². The number of hydrogen-bond donors (Lipinski definition) is 3. The number of allylic oxidation sites excluding steroid dienone is 9. The molecule has 3 N–H and O–H groups in total. The van der Waals surface area contributed by atoms with Crippen molar-refractivity contribution in [2.45, 2.75) is 66.3 Å². The molecule has 9 nitrogen and oxygen atoms in total. The highest BCUT2D eigenvalue weighted by molar-refractivity contribution is 7.45. The summed E-state index contributed by atoms with van der Waals surface area (Å²) in [5.74, 6) is -3.09. The Morgan fingerprint density at radius 2 is 1.97 bits per heavy atom. The molecule has 200 valence electrons. The van der Waals surface area contributed by atoms with Crippen molar-refractivity contribution in [1.82, 2.24) is 0 Å². The molecule has 0 saturated carbocycles. The van der Waals surface area contributed by atoms with Crippen molar-refractivity contribution in [3.63, 3.8) is 0 Å². The molecular weight excluding hydrogens is 487 g/mol. The highest BCUT2D eigenvalue weighted by atomic mass is 31.2. The van der Waals surface area contributed by atoms with E-state index in [1.54, 1.807) is 6.08 Å². The zero-order valence-corrected chi connectivity index (χ0v) is 22.4. The molecule has 0 radical (unpaired) electrons. The second kappa shape index (κ2) is 12.2. The van der Waals surface area contributed by atoms with E-state index in [9.17, 15) is 29.6 Å². The van der Waals surface area contributed by atoms with Crippen LogP contribution in [0, 0.1) is 11.3 Å². The molecule has 1 aliphatic heterocycles. The summed E-state index contributed by atoms with van der Waals surface area (Å²) >= 11 is 0. The molecule has 10 heteroatoms. The van der Waals surface area contributed by atoms with Gasteiger partial charge < -0.3 is 34.0 Å². The monoisotopic (exact) mass is 523 g/mol. The molecule has 2 aliphatic rings. The molecule has 36 heavy (non-hydrogen) atoms. The van der Waals surface area contributed by atoms with Crippen molar-refractivity contribution in [1.29, 1.82) is 0 Å². The Labute approximate surface area is 212 Å². The Morgan fingerprint density at radius 3 is 2.53 bits per heavy atom. The van der Waals surface area contributed by atoms with E-state index in [-0.39, 0.29) is 11.3 Å². The fourth-order valence-electron chi connectivity index (χ4n) is 4.13. The van der Waals surface area contributed by atoms with Gasteiger partial charge in [-0.2, -0.15) is 0 Å². The van der Waals surface area contributed by atoms with Gasteiger partial charge in [-0.05, 0) is 39.5 Å². The van der Waals surface area contributed by atoms with Gasteiger partial charge in [0.15, 0.2) is 11.9 Å². The Balaban J connectivity index is 2.02. The molecule has 0 bridgehead atoms. The lowest BCUT2D eigenvalue weighted by Gasteiger charge is -2.41. The van der Waals surface area contributed by atoms with Crippen LogP contribution in [-0.4, -0.2) is 46.2 Å². The van der Waals surface area contributed by atoms with Gasteiger partial charge in [-0.1, -0.05) is 73.1 Å². The number of hydrogen-bond acceptors (Lipinski definition) is 9. The molecule has 0 aromatic heterocycles. The first kappa shape index (κ1) is 29.8. The van der Waals surface area contributed by atoms with Crippen LogP contribution in [0.15, 0.2) is 70.8 Å². The van der Waals surface area contributed by atoms with Crippen LogP contribution in [0.3, 0.4) is 0 Å². The summed E-state index contributed by atoms with van der Waals surface area (Å²) in [6.45, 7) is 11.2. The van der Waals surface area contributed by atoms with E-state index >= 15 is 0 Å². The van der Waals surface area contributed by atoms with Crippen LogP contribution < -0.4 is 4.89 Å². The third-order valence-corrected chi connectivity index (χ3v) is 7.18. The van der Waals surface area contributed by atoms with E-state index in [4.69, 9.17) is 9.05 Å². The normalized spacial score (nSPS) is 27.9. The molecule has 1 aliphatic carbocycles. The third-order valence-electron chi connectivity index (χ3n) is 6.19. The minimum atomic E-state index is -4.86. The third kappa shape index (κ3) is 8.05. The number of cyclic esters (lactones) is 1. The molecule has 2 rings (SSSR count). The van der Waals surface area contributed by atoms with E-state index in [1.807, 2.05) is 71.9 Å². The van der Waals surface area contributed by atoms with Crippen LogP contribution in [0.25, 0.3) is 0 Å². The van der Waals surface area contributed by atoms with Gasteiger partial charge in [0, 0.05) is 5.92 Å². The van der Waals surface area contributed by atoms with Crippen LogP contribution in [0.1, 0.15) is 48.0 Å². The Bertz CT molecular complexity index is 1060. The first-order valence-electron chi connectivity index (χ1n) is 11.7. The summed E-state index contributed by atoms with van der Waals surface area (Å²) in [6, 6.07) is 0. The molecule has 5 atom stereocenters. The quantitative estimate of drug-likeness (QED) is 0.163. The molecule has 0 aromatic rings. The number of aliphatic hydroxyl groups excluding tert-OH is 3. The molecule has 0 saturated heterocycles. The molecule has 0 amide bonds. The Hall–Kier alpha value is -2.42. The largest absolute Gasteiger partial charge is 0.756 e. The molecule has 0 aromatic carbocycles. The maximum absolute atomic E-state index is 12.4. The van der Waals surface area contributed by atoms with Gasteiger partial charge in [-0.25, -0.2) is 4.79 Å². The number of phosphoric acid groups is 1. The van der Waals surface area contributed by atoms with Gasteiger partial charge in [-0.3, -0.25) is 4.57 Å². The minimum absolute atomic E-state index is 0.0650. The number of aliphatic hydroxyl groups is 3. The highest BCUT2D eigenvalue weighted by Crippen LogP contribution is 2.48. The lowest BCUT2D eigenvalue weighted by atomic mass is 9.67. The first-order chi connectivity index (χ1) is 16.7. The zero-order chi connectivity index (χ0) is 27.3. The number of phosphoric ester groups is 1. The zero-order valence-electron chi connectivity index (χ0n) is 21.5. The lowest BCUT2D eigenvalue weighted by Crippen LogP contribution is -2.35. The minimum Gasteiger partial charge on any atom is -0.756 e. The molecule has 0 spiro atoms. The molecular formula is C26H36O9P-. The predicted molar refractivity (Wildman–Crippen MR) is 134 cm³/mol. The second-order valence-corrected chi connectivity index (χ2v) is 11.1. The smallest absolute Gasteiger partial charge is 0.377 e. The average molecular weight is 524 g/mol. The van der Waals surface area contributed by atoms with Crippen molar-refractivity contribution in [2.24, 2.45) is 11.3 Å². The standard InChI is InChI=1S/C26H37O9P/c1-7-16(2)9-8-10-17(3)11-12-20-18(4)13-19(14-26(20,5)6)35-36(31,32)33-15-21(27)24-22(28)23(29)25(30)34-24/h7-13,19-21,24,27-29H,14-15H2,1-6H3,(H,31,32)/p-1/b9-8+,12-11+,16-7+,17-10+/t19?,20?,21-,24+/m0/s1. The molecule has 1 heterocycles. The fourth-order valence-corrected chi connectivity index (χ4v) is 4.99. The van der Waals surface area contributed by atoms with E-state index in [2.05, 4.69) is 10.8 Å². The van der Waals surface area contributed by atoms with Gasteiger partial charge in [0.1, 0.15) is 6.10 Å². The average Bonchev–Trinajstić information content (AvgIpc) is 3.03. The van der Waals surface area contributed by atoms with Crippen molar-refractivity contribution in [2.75, 3.05) is 6.61 Å². The predicted octanol–water partition coefficient (Wildman–Crippen LogP) is 4.49. The van der Waals surface area contributed by atoms with Crippen molar-refractivity contribution < 1.29 is 43.4 Å². The Kier molecular flexibility index (Phi) is 10.1. The van der Waals surface area contributed by atoms with Gasteiger partial charge >= 0.3 is 5.97 Å². The lowest BCUT2D eigenvalue weighted by molar-refractivity contribution is -0.231. The maximum Gasteiger partial charge on any atom is 0.377 e. The highest BCUT2D eigenvalue weighted by Gasteiger charge is 2.40. The van der Waals surface area contributed by atoms with Crippen molar-refractivity contribution in [3.05, 3.63) is 70.8 Å². The maximum atomic E-state index is 12.4. The summed E-state index contributed by atoms with van der Waals surface area (Å²) in [7, 11) is -4.86. The van der Waals surface area contributed by atoms with Crippen LogP contribution in [-0.2, 0) is 23.1 Å².